The maximum atomic E-state index is 9.73. The van der Waals surface area contributed by atoms with Gasteiger partial charge in [0.05, 0.1) is 33.2 Å². The van der Waals surface area contributed by atoms with E-state index in [4.69, 9.17) is 19.9 Å². The largest absolute Gasteiger partial charge is 0.248 e. The molecule has 32 heavy (non-hydrogen) atoms. The monoisotopic (exact) mass is 416 g/mol. The van der Waals surface area contributed by atoms with Gasteiger partial charge in [-0.05, 0) is 51.4 Å². The van der Waals surface area contributed by atoms with Gasteiger partial charge in [-0.1, -0.05) is 0 Å². The molecule has 0 amide bonds. The number of aryl methyl sites for hydroxylation is 4. The molecule has 0 saturated heterocycles. The third-order valence-electron chi connectivity index (χ3n) is 6.15. The first-order chi connectivity index (χ1) is 15.7. The Morgan fingerprint density at radius 1 is 0.469 bits per heavy atom. The molecule has 2 aromatic heterocycles. The van der Waals surface area contributed by atoms with Crippen LogP contribution in [0.4, 0.5) is 0 Å². The van der Waals surface area contributed by atoms with Crippen molar-refractivity contribution in [1.82, 2.24) is 19.9 Å². The molecule has 0 bridgehead atoms. The minimum Gasteiger partial charge on any atom is -0.248 e. The molecule has 0 unspecified atom stereocenters. The Hall–Kier alpha value is -4.40. The van der Waals surface area contributed by atoms with Gasteiger partial charge in [-0.25, -0.2) is 19.9 Å². The molecule has 8 heteroatoms. The van der Waals surface area contributed by atoms with E-state index in [1.165, 1.54) is 0 Å². The lowest BCUT2D eigenvalue weighted by Crippen LogP contribution is -2.26. The number of benzene rings is 1. The highest BCUT2D eigenvalue weighted by Gasteiger charge is 2.23. The number of nitriles is 4. The lowest BCUT2D eigenvalue weighted by molar-refractivity contribution is 0.653. The van der Waals surface area contributed by atoms with E-state index < -0.39 is 0 Å². The molecule has 0 radical (unpaired) electrons. The fourth-order valence-corrected chi connectivity index (χ4v) is 4.65. The van der Waals surface area contributed by atoms with Crippen LogP contribution < -0.4 is 10.4 Å². The molecular weight excluding hydrogens is 400 g/mol. The molecule has 5 rings (SSSR count). The predicted octanol–water partition coefficient (Wildman–Crippen LogP) is 1.73. The summed E-state index contributed by atoms with van der Waals surface area (Å²) in [5.41, 5.74) is 4.38. The first-order valence-electron chi connectivity index (χ1n) is 10.6. The van der Waals surface area contributed by atoms with Gasteiger partial charge in [0.1, 0.15) is 57.5 Å². The van der Waals surface area contributed by atoms with Gasteiger partial charge in [-0.15, -0.1) is 0 Å². The number of aromatic nitrogens is 4. The Balaban J connectivity index is 2.17. The van der Waals surface area contributed by atoms with Crippen LogP contribution in [0.25, 0.3) is 33.2 Å². The van der Waals surface area contributed by atoms with Gasteiger partial charge < -0.3 is 0 Å². The molecule has 0 saturated carbocycles. The van der Waals surface area contributed by atoms with Crippen LogP contribution in [0, 0.1) is 45.3 Å². The standard InChI is InChI=1S/C24H16N8/c25-9-13(10-26)19-21-22(30-16-6-2-1-5-15(16)29-21)20(14(11-27)12-28)24-23(19)31-17-7-3-4-8-18(17)32-24/h1-8H2. The van der Waals surface area contributed by atoms with E-state index >= 15 is 0 Å². The molecule has 2 aliphatic rings. The summed E-state index contributed by atoms with van der Waals surface area (Å²) in [6.45, 7) is 0. The molecule has 0 spiro atoms. The van der Waals surface area contributed by atoms with Crippen LogP contribution in [0.15, 0.2) is 0 Å². The van der Waals surface area contributed by atoms with Gasteiger partial charge in [0.2, 0.25) is 0 Å². The molecule has 3 aromatic rings. The first-order valence-corrected chi connectivity index (χ1v) is 10.6. The minimum atomic E-state index is -0.128. The van der Waals surface area contributed by atoms with Crippen LogP contribution in [0.5, 0.6) is 0 Å². The Kier molecular flexibility index (Phi) is 4.70. The number of nitrogens with zero attached hydrogens (tertiary/aromatic N) is 8. The fourth-order valence-electron chi connectivity index (χ4n) is 4.65. The van der Waals surface area contributed by atoms with Crippen LogP contribution in [0.1, 0.15) is 48.5 Å². The van der Waals surface area contributed by atoms with Crippen molar-refractivity contribution in [3.8, 4) is 24.3 Å². The average molecular weight is 416 g/mol. The lowest BCUT2D eigenvalue weighted by atomic mass is 9.97. The molecule has 152 valence electrons. The molecule has 0 N–H and O–H groups in total. The molecule has 0 atom stereocenters. The second-order valence-corrected chi connectivity index (χ2v) is 7.99. The van der Waals surface area contributed by atoms with E-state index in [0.29, 0.717) is 32.5 Å². The summed E-state index contributed by atoms with van der Waals surface area (Å²) < 4.78 is 0. The fraction of sp³-hybridized carbons (Fsp3) is 0.333. The summed E-state index contributed by atoms with van der Waals surface area (Å²) >= 11 is 0. The van der Waals surface area contributed by atoms with Crippen LogP contribution in [0.2, 0.25) is 0 Å². The van der Waals surface area contributed by atoms with Crippen molar-refractivity contribution in [2.24, 2.45) is 0 Å². The Labute approximate surface area is 183 Å². The number of fused-ring (bicyclic) bond motifs is 4. The molecular formula is C24H16N8. The predicted molar refractivity (Wildman–Crippen MR) is 114 cm³/mol. The Bertz CT molecular complexity index is 1380. The van der Waals surface area contributed by atoms with Crippen LogP contribution in [-0.4, -0.2) is 19.9 Å². The second kappa shape index (κ2) is 7.69. The van der Waals surface area contributed by atoms with E-state index in [1.54, 1.807) is 0 Å². The summed E-state index contributed by atoms with van der Waals surface area (Å²) in [6, 6.07) is 7.89. The van der Waals surface area contributed by atoms with E-state index in [2.05, 4.69) is 0 Å². The number of hydrogen-bond acceptors (Lipinski definition) is 8. The van der Waals surface area contributed by atoms with Crippen molar-refractivity contribution in [3.05, 3.63) is 33.2 Å². The number of rotatable bonds is 0. The van der Waals surface area contributed by atoms with Gasteiger partial charge >= 0.3 is 0 Å². The maximum absolute atomic E-state index is 9.73. The van der Waals surface area contributed by atoms with Crippen LogP contribution in [-0.2, 0) is 25.7 Å². The zero-order valence-electron chi connectivity index (χ0n) is 17.2. The number of hydrogen-bond donors (Lipinski definition) is 0. The van der Waals surface area contributed by atoms with Crippen molar-refractivity contribution in [3.63, 3.8) is 0 Å². The highest BCUT2D eigenvalue weighted by molar-refractivity contribution is 6.00. The van der Waals surface area contributed by atoms with Gasteiger partial charge in [0, 0.05) is 0 Å². The van der Waals surface area contributed by atoms with E-state index in [9.17, 15) is 21.0 Å². The summed E-state index contributed by atoms with van der Waals surface area (Å²) in [7, 11) is 0. The molecule has 2 aliphatic carbocycles. The quantitative estimate of drug-likeness (QED) is 0.503. The zero-order valence-corrected chi connectivity index (χ0v) is 17.2. The van der Waals surface area contributed by atoms with Crippen LogP contribution in [0.3, 0.4) is 0 Å². The maximum Gasteiger partial charge on any atom is 0.141 e. The van der Waals surface area contributed by atoms with Crippen molar-refractivity contribution in [2.45, 2.75) is 51.4 Å². The normalized spacial score (nSPS) is 14.4. The lowest BCUT2D eigenvalue weighted by Gasteiger charge is -2.17. The molecule has 2 heterocycles. The summed E-state index contributed by atoms with van der Waals surface area (Å²) in [4.78, 5) is 19.3. The van der Waals surface area contributed by atoms with Crippen LogP contribution >= 0.6 is 0 Å². The molecule has 8 nitrogen and oxygen atoms in total. The third-order valence-corrected chi connectivity index (χ3v) is 6.15. The van der Waals surface area contributed by atoms with E-state index in [1.807, 2.05) is 24.3 Å². The molecule has 1 aromatic carbocycles. The van der Waals surface area contributed by atoms with Crippen molar-refractivity contribution in [2.75, 3.05) is 0 Å². The second-order valence-electron chi connectivity index (χ2n) is 7.99. The highest BCUT2D eigenvalue weighted by Crippen LogP contribution is 2.23. The third kappa shape index (κ3) is 2.86. The molecule has 0 fully saturated rings. The van der Waals surface area contributed by atoms with Gasteiger partial charge in [-0.2, -0.15) is 21.0 Å². The van der Waals surface area contributed by atoms with E-state index in [0.717, 1.165) is 74.1 Å². The average Bonchev–Trinajstić information content (AvgIpc) is 2.84. The minimum absolute atomic E-state index is 0.128. The zero-order chi connectivity index (χ0) is 22.2. The summed E-state index contributed by atoms with van der Waals surface area (Å²) in [5, 5.41) is 39.5. The summed E-state index contributed by atoms with van der Waals surface area (Å²) in [6.07, 6.45) is 6.94. The summed E-state index contributed by atoms with van der Waals surface area (Å²) in [5.74, 6) is 0. The van der Waals surface area contributed by atoms with Gasteiger partial charge in [-0.3, -0.25) is 0 Å². The Morgan fingerprint density at radius 2 is 0.719 bits per heavy atom. The first kappa shape index (κ1) is 19.6. The molecule has 0 aliphatic heterocycles. The van der Waals surface area contributed by atoms with Gasteiger partial charge in [0.15, 0.2) is 0 Å². The SMILES string of the molecule is N#CC(C#N)=c1c2nc3c(nc2c(=C(C#N)C#N)c2nc4c(nc12)CCCC4)CCCC3. The van der Waals surface area contributed by atoms with Crippen molar-refractivity contribution >= 4 is 33.2 Å². The Morgan fingerprint density at radius 3 is 0.938 bits per heavy atom. The van der Waals surface area contributed by atoms with Gasteiger partial charge in [0.25, 0.3) is 0 Å². The van der Waals surface area contributed by atoms with E-state index in [-0.39, 0.29) is 11.1 Å². The highest BCUT2D eigenvalue weighted by atomic mass is 14.9. The van der Waals surface area contributed by atoms with Crippen molar-refractivity contribution in [1.29, 1.82) is 21.0 Å². The smallest absolute Gasteiger partial charge is 0.141 e. The van der Waals surface area contributed by atoms with Crippen molar-refractivity contribution < 1.29 is 0 Å². The topological polar surface area (TPSA) is 147 Å².